The quantitative estimate of drug-likeness (QED) is 0.0797. The van der Waals surface area contributed by atoms with Gasteiger partial charge in [0.25, 0.3) is 0 Å². The van der Waals surface area contributed by atoms with Gasteiger partial charge in [-0.25, -0.2) is 14.1 Å². The van der Waals surface area contributed by atoms with Gasteiger partial charge in [0, 0.05) is 0 Å². The maximum Gasteiger partial charge on any atom is 0.459 e. The number of aliphatic hydroxyl groups is 2. The van der Waals surface area contributed by atoms with E-state index in [1.165, 1.54) is 29.0 Å². The van der Waals surface area contributed by atoms with Gasteiger partial charge in [-0.3, -0.25) is 14.1 Å². The van der Waals surface area contributed by atoms with E-state index in [0.29, 0.717) is 18.4 Å². The minimum atomic E-state index is -4.69. The molecular weight excluding hydrogens is 659 g/mol. The molecule has 1 aromatic carbocycles. The molecular formula is C32H43N6O10P. The molecule has 3 heterocycles. The van der Waals surface area contributed by atoms with E-state index in [4.69, 9.17) is 29.0 Å². The summed E-state index contributed by atoms with van der Waals surface area (Å²) >= 11 is 0. The fraction of sp³-hybridized carbons (Fsp3) is 0.531. The number of unbranched alkanes of at least 4 members (excludes halogenated alkanes) is 4. The summed E-state index contributed by atoms with van der Waals surface area (Å²) in [6, 6.07) is 11.3. The number of carbonyl (C=O) groups excluding carboxylic acids is 2. The number of hydrogen-bond acceptors (Lipinski definition) is 14. The highest BCUT2D eigenvalue weighted by Crippen LogP contribution is 2.48. The summed E-state index contributed by atoms with van der Waals surface area (Å²) < 4.78 is 43.8. The molecule has 0 amide bonds. The van der Waals surface area contributed by atoms with Crippen molar-refractivity contribution in [2.75, 3.05) is 25.6 Å². The predicted octanol–water partition coefficient (Wildman–Crippen LogP) is 3.39. The lowest BCUT2D eigenvalue weighted by Gasteiger charge is -2.29. The van der Waals surface area contributed by atoms with Crippen LogP contribution in [-0.2, 0) is 32.9 Å². The molecule has 17 heteroatoms. The molecule has 16 nitrogen and oxygen atoms in total. The number of para-hydroxylation sites is 1. The van der Waals surface area contributed by atoms with Crippen LogP contribution in [0.1, 0.15) is 70.6 Å². The Labute approximate surface area is 284 Å². The maximum atomic E-state index is 14.4. The molecule has 0 unspecified atom stereocenters. The minimum Gasteiger partial charge on any atom is -0.466 e. The van der Waals surface area contributed by atoms with E-state index in [0.717, 1.165) is 25.7 Å². The third kappa shape index (κ3) is 9.54. The minimum absolute atomic E-state index is 0.0585. The molecule has 266 valence electrons. The monoisotopic (exact) mass is 702 g/mol. The molecule has 1 saturated heterocycles. The van der Waals surface area contributed by atoms with Crippen molar-refractivity contribution in [3.8, 4) is 11.8 Å². The van der Waals surface area contributed by atoms with Crippen molar-refractivity contribution < 1.29 is 47.6 Å². The highest BCUT2D eigenvalue weighted by atomic mass is 31.2. The van der Waals surface area contributed by atoms with Gasteiger partial charge in [0.1, 0.15) is 54.6 Å². The molecule has 6 atom stereocenters. The number of nitrogens with one attached hydrogen (secondary N) is 1. The first-order chi connectivity index (χ1) is 23.6. The zero-order chi connectivity index (χ0) is 35.4. The summed E-state index contributed by atoms with van der Waals surface area (Å²) in [4.78, 5) is 29.9. The zero-order valence-electron chi connectivity index (χ0n) is 27.5. The average molecular weight is 703 g/mol. The van der Waals surface area contributed by atoms with Gasteiger partial charge in [-0.05, 0) is 37.1 Å². The lowest BCUT2D eigenvalue weighted by Crippen LogP contribution is -2.46. The summed E-state index contributed by atoms with van der Waals surface area (Å²) in [7, 11) is -4.69. The number of carbonyl (C=O) groups is 2. The second-order valence-electron chi connectivity index (χ2n) is 11.5. The molecule has 0 radical (unpaired) electrons. The maximum absolute atomic E-state index is 14.4. The molecule has 1 aliphatic heterocycles. The molecule has 0 spiro atoms. The van der Waals surface area contributed by atoms with E-state index in [1.54, 1.807) is 24.3 Å². The Bertz CT molecular complexity index is 1640. The molecule has 0 saturated carbocycles. The normalized spacial score (nSPS) is 22.2. The van der Waals surface area contributed by atoms with Crippen molar-refractivity contribution in [1.29, 1.82) is 5.26 Å². The van der Waals surface area contributed by atoms with E-state index in [1.807, 2.05) is 19.9 Å². The van der Waals surface area contributed by atoms with Crippen LogP contribution in [0.15, 0.2) is 48.8 Å². The molecule has 2 aromatic heterocycles. The molecule has 49 heavy (non-hydrogen) atoms. The molecule has 0 aliphatic carbocycles. The number of rotatable bonds is 19. The first kappa shape index (κ1) is 37.7. The van der Waals surface area contributed by atoms with Crippen LogP contribution >= 0.6 is 7.75 Å². The molecule has 1 aliphatic rings. The number of benzene rings is 1. The lowest BCUT2D eigenvalue weighted by atomic mass is 9.96. The van der Waals surface area contributed by atoms with Crippen molar-refractivity contribution in [2.45, 2.75) is 88.7 Å². The highest BCUT2D eigenvalue weighted by Gasteiger charge is 2.57. The van der Waals surface area contributed by atoms with Crippen LogP contribution < -0.4 is 15.3 Å². The van der Waals surface area contributed by atoms with Crippen molar-refractivity contribution >= 4 is 31.0 Å². The smallest absolute Gasteiger partial charge is 0.459 e. The van der Waals surface area contributed by atoms with Gasteiger partial charge in [0.15, 0.2) is 5.82 Å². The molecule has 1 fully saturated rings. The molecule has 5 N–H and O–H groups in total. The topological polar surface area (TPSA) is 230 Å². The number of anilines is 1. The van der Waals surface area contributed by atoms with Gasteiger partial charge in [0.05, 0.1) is 25.3 Å². The van der Waals surface area contributed by atoms with E-state index in [9.17, 15) is 29.6 Å². The second kappa shape index (κ2) is 17.5. The van der Waals surface area contributed by atoms with Crippen LogP contribution in [-0.4, -0.2) is 80.4 Å². The van der Waals surface area contributed by atoms with E-state index < -0.39 is 62.7 Å². The summed E-state index contributed by atoms with van der Waals surface area (Å²) in [6.07, 6.45) is 0.435. The Kier molecular flexibility index (Phi) is 13.5. The van der Waals surface area contributed by atoms with Crippen LogP contribution in [0.25, 0.3) is 5.52 Å². The van der Waals surface area contributed by atoms with E-state index in [-0.39, 0.29) is 30.5 Å². The standard InChI is InChI=1S/C32H43N6O10P/c1-3-5-10-16-44-26(39)18-23(31(42)45-17-11-6-4-2)37-49(43,48-22-12-8-7-9-13-22)46-20-32(19-33)29(41)27(40)28(47-32)24-14-15-25-30(34)35-21-36-38(24)25/h7-9,12-15,21,23,27-29,40-41H,3-6,10-11,16-18,20H2,1-2H3,(H,37,43)(H2,34,35,36)/t23-,27-,28-,29-,32+,49+/m0/s1. The van der Waals surface area contributed by atoms with Crippen LogP contribution in [0.5, 0.6) is 5.75 Å². The first-order valence-corrected chi connectivity index (χ1v) is 17.7. The zero-order valence-corrected chi connectivity index (χ0v) is 28.4. The van der Waals surface area contributed by atoms with Crippen LogP contribution in [0.3, 0.4) is 0 Å². The van der Waals surface area contributed by atoms with Gasteiger partial charge in [-0.15, -0.1) is 0 Å². The fourth-order valence-electron chi connectivity index (χ4n) is 5.13. The SMILES string of the molecule is CCCCCOC(=O)C[C@H](N[P@@](=O)(OC[C@@]1(C#N)O[C@@H](c2ccc3c(N)ncnn23)[C@H](O)[C@@H]1O)Oc1ccccc1)C(=O)OCCCCC. The summed E-state index contributed by atoms with van der Waals surface area (Å²) in [6.45, 7) is 3.28. The number of aromatic nitrogens is 3. The Balaban J connectivity index is 1.59. The number of esters is 2. The Morgan fingerprint density at radius 1 is 1.10 bits per heavy atom. The number of nitrogens with two attached hydrogens (primary N) is 1. The summed E-state index contributed by atoms with van der Waals surface area (Å²) in [5.41, 5.74) is 4.29. The van der Waals surface area contributed by atoms with Crippen LogP contribution in [0, 0.1) is 11.3 Å². The number of hydrogen-bond donors (Lipinski definition) is 4. The number of aliphatic hydroxyl groups excluding tert-OH is 2. The van der Waals surface area contributed by atoms with E-state index >= 15 is 0 Å². The number of nitrogen functional groups attached to an aromatic ring is 1. The van der Waals surface area contributed by atoms with Gasteiger partial charge in [-0.2, -0.15) is 15.4 Å². The molecule has 4 rings (SSSR count). The lowest BCUT2D eigenvalue weighted by molar-refractivity contribution is -0.152. The number of ether oxygens (including phenoxy) is 3. The van der Waals surface area contributed by atoms with Crippen molar-refractivity contribution in [2.24, 2.45) is 0 Å². The third-order valence-electron chi connectivity index (χ3n) is 7.83. The second-order valence-corrected chi connectivity index (χ2v) is 13.2. The van der Waals surface area contributed by atoms with Crippen molar-refractivity contribution in [3.05, 3.63) is 54.5 Å². The van der Waals surface area contributed by atoms with Gasteiger partial charge in [-0.1, -0.05) is 57.7 Å². The highest BCUT2D eigenvalue weighted by molar-refractivity contribution is 7.52. The predicted molar refractivity (Wildman–Crippen MR) is 175 cm³/mol. The third-order valence-corrected chi connectivity index (χ3v) is 9.38. The van der Waals surface area contributed by atoms with Crippen molar-refractivity contribution in [3.63, 3.8) is 0 Å². The summed E-state index contributed by atoms with van der Waals surface area (Å²) in [5, 5.41) is 39.0. The average Bonchev–Trinajstić information content (AvgIpc) is 3.63. The number of nitriles is 1. The molecule has 0 bridgehead atoms. The van der Waals surface area contributed by atoms with E-state index in [2.05, 4.69) is 15.2 Å². The number of fused-ring (bicyclic) bond motifs is 1. The first-order valence-electron chi connectivity index (χ1n) is 16.2. The van der Waals surface area contributed by atoms with Crippen LogP contribution in [0.2, 0.25) is 0 Å². The number of nitrogens with zero attached hydrogens (tertiary/aromatic N) is 4. The Hall–Kier alpha value is -4.10. The van der Waals surface area contributed by atoms with Gasteiger partial charge >= 0.3 is 19.7 Å². The Morgan fingerprint density at radius 3 is 2.47 bits per heavy atom. The van der Waals surface area contributed by atoms with Crippen LogP contribution in [0.4, 0.5) is 5.82 Å². The van der Waals surface area contributed by atoms with Gasteiger partial charge in [0.2, 0.25) is 5.60 Å². The largest absolute Gasteiger partial charge is 0.466 e. The van der Waals surface area contributed by atoms with Gasteiger partial charge < -0.3 is 34.7 Å². The summed E-state index contributed by atoms with van der Waals surface area (Å²) in [5.74, 6) is -1.43. The fourth-order valence-corrected chi connectivity index (χ4v) is 6.65. The molecule has 3 aromatic rings. The Morgan fingerprint density at radius 2 is 1.80 bits per heavy atom. The van der Waals surface area contributed by atoms with Crippen molar-refractivity contribution in [1.82, 2.24) is 19.7 Å².